The van der Waals surface area contributed by atoms with Crippen LogP contribution in [0.2, 0.25) is 0 Å². The number of rotatable bonds is 5. The second-order valence-corrected chi connectivity index (χ2v) is 5.96. The summed E-state index contributed by atoms with van der Waals surface area (Å²) < 4.78 is 5.10. The van der Waals surface area contributed by atoms with Crippen LogP contribution in [0.4, 0.5) is 4.79 Å². The Kier molecular flexibility index (Phi) is 6.07. The van der Waals surface area contributed by atoms with Crippen molar-refractivity contribution in [1.82, 2.24) is 10.6 Å². The van der Waals surface area contributed by atoms with E-state index in [1.54, 1.807) is 38.3 Å². The zero-order valence-corrected chi connectivity index (χ0v) is 13.3. The molecule has 0 saturated heterocycles. The van der Waals surface area contributed by atoms with Gasteiger partial charge in [0.1, 0.15) is 5.75 Å². The van der Waals surface area contributed by atoms with Crippen molar-refractivity contribution >= 4 is 6.03 Å². The molecule has 3 N–H and O–H groups in total. The van der Waals surface area contributed by atoms with E-state index in [0.717, 1.165) is 24.2 Å². The summed E-state index contributed by atoms with van der Waals surface area (Å²) in [4.78, 5) is 12.0. The Morgan fingerprint density at radius 2 is 1.86 bits per heavy atom. The molecule has 2 amide bonds. The summed E-state index contributed by atoms with van der Waals surface area (Å²) in [6.45, 7) is 1.80. The summed E-state index contributed by atoms with van der Waals surface area (Å²) in [6, 6.07) is 6.91. The van der Waals surface area contributed by atoms with Crippen molar-refractivity contribution in [3.8, 4) is 5.75 Å². The molecule has 0 radical (unpaired) electrons. The number of aliphatic hydroxyl groups excluding tert-OH is 1. The maximum atomic E-state index is 12.0. The van der Waals surface area contributed by atoms with Crippen LogP contribution >= 0.6 is 0 Å². The fraction of sp³-hybridized carbons (Fsp3) is 0.588. The quantitative estimate of drug-likeness (QED) is 0.783. The van der Waals surface area contributed by atoms with E-state index in [1.807, 2.05) is 0 Å². The van der Waals surface area contributed by atoms with E-state index >= 15 is 0 Å². The van der Waals surface area contributed by atoms with Crippen molar-refractivity contribution in [3.63, 3.8) is 0 Å². The molecule has 1 aromatic rings. The number of carbonyl (C=O) groups excluding carboxylic acids is 1. The Labute approximate surface area is 132 Å². The van der Waals surface area contributed by atoms with E-state index < -0.39 is 6.10 Å². The van der Waals surface area contributed by atoms with Crippen molar-refractivity contribution < 1.29 is 14.6 Å². The van der Waals surface area contributed by atoms with Gasteiger partial charge in [0.05, 0.1) is 19.3 Å². The minimum absolute atomic E-state index is 0.202. The molecular formula is C17H26N2O3. The fourth-order valence-electron chi connectivity index (χ4n) is 2.85. The topological polar surface area (TPSA) is 70.6 Å². The highest BCUT2D eigenvalue weighted by molar-refractivity contribution is 5.74. The smallest absolute Gasteiger partial charge is 0.315 e. The van der Waals surface area contributed by atoms with Crippen molar-refractivity contribution in [2.75, 3.05) is 7.11 Å². The Morgan fingerprint density at radius 3 is 2.45 bits per heavy atom. The lowest BCUT2D eigenvalue weighted by atomic mass is 9.96. The molecular weight excluding hydrogens is 280 g/mol. The minimum atomic E-state index is -0.747. The van der Waals surface area contributed by atoms with Gasteiger partial charge in [-0.25, -0.2) is 4.79 Å². The van der Waals surface area contributed by atoms with Crippen LogP contribution in [0.1, 0.15) is 50.7 Å². The summed E-state index contributed by atoms with van der Waals surface area (Å²) in [6.07, 6.45) is 4.95. The molecule has 5 heteroatoms. The van der Waals surface area contributed by atoms with Crippen molar-refractivity contribution in [2.45, 2.75) is 57.2 Å². The maximum Gasteiger partial charge on any atom is 0.315 e. The molecule has 5 nitrogen and oxygen atoms in total. The number of nitrogens with one attached hydrogen (secondary N) is 2. The highest BCUT2D eigenvalue weighted by atomic mass is 16.5. The Bertz CT molecular complexity index is 469. The van der Waals surface area contributed by atoms with Crippen LogP contribution in [-0.2, 0) is 0 Å². The van der Waals surface area contributed by atoms with Gasteiger partial charge < -0.3 is 20.5 Å². The summed E-state index contributed by atoms with van der Waals surface area (Å²) >= 11 is 0. The van der Waals surface area contributed by atoms with Gasteiger partial charge in [-0.05, 0) is 37.5 Å². The molecule has 1 aliphatic rings. The average Bonchev–Trinajstić information content (AvgIpc) is 2.55. The van der Waals surface area contributed by atoms with Crippen LogP contribution in [0, 0.1) is 0 Å². The first-order chi connectivity index (χ1) is 10.6. The molecule has 1 aliphatic carbocycles. The Hall–Kier alpha value is -1.75. The molecule has 2 unspecified atom stereocenters. The number of hydrogen-bond donors (Lipinski definition) is 3. The van der Waals surface area contributed by atoms with Gasteiger partial charge in [0.25, 0.3) is 0 Å². The van der Waals surface area contributed by atoms with E-state index in [2.05, 4.69) is 10.6 Å². The van der Waals surface area contributed by atoms with Crippen LogP contribution in [0.15, 0.2) is 24.3 Å². The number of aliphatic hydroxyl groups is 1. The highest BCUT2D eigenvalue weighted by Gasteiger charge is 2.21. The molecule has 0 bridgehead atoms. The fourth-order valence-corrected chi connectivity index (χ4v) is 2.85. The molecule has 1 saturated carbocycles. The van der Waals surface area contributed by atoms with Gasteiger partial charge >= 0.3 is 6.03 Å². The van der Waals surface area contributed by atoms with Crippen LogP contribution < -0.4 is 15.4 Å². The van der Waals surface area contributed by atoms with E-state index in [-0.39, 0.29) is 18.1 Å². The lowest BCUT2D eigenvalue weighted by Gasteiger charge is -2.25. The zero-order chi connectivity index (χ0) is 15.9. The summed E-state index contributed by atoms with van der Waals surface area (Å²) in [5.74, 6) is 0.742. The van der Waals surface area contributed by atoms with Gasteiger partial charge in [0, 0.05) is 6.04 Å². The van der Waals surface area contributed by atoms with Gasteiger partial charge in [-0.1, -0.05) is 31.4 Å². The van der Waals surface area contributed by atoms with Crippen molar-refractivity contribution in [3.05, 3.63) is 29.8 Å². The van der Waals surface area contributed by atoms with E-state index in [4.69, 9.17) is 4.74 Å². The normalized spacial score (nSPS) is 18.3. The number of urea groups is 1. The third-order valence-electron chi connectivity index (χ3n) is 4.23. The molecule has 122 valence electrons. The van der Waals surface area contributed by atoms with Gasteiger partial charge in [-0.3, -0.25) is 0 Å². The van der Waals surface area contributed by atoms with Crippen molar-refractivity contribution in [1.29, 1.82) is 0 Å². The predicted molar refractivity (Wildman–Crippen MR) is 86.0 cm³/mol. The van der Waals surface area contributed by atoms with Crippen LogP contribution in [0.5, 0.6) is 5.75 Å². The van der Waals surface area contributed by atoms with E-state index in [1.165, 1.54) is 19.3 Å². The number of carbonyl (C=O) groups is 1. The Morgan fingerprint density at radius 1 is 1.23 bits per heavy atom. The third kappa shape index (κ3) is 4.63. The third-order valence-corrected chi connectivity index (χ3v) is 4.23. The summed E-state index contributed by atoms with van der Waals surface area (Å²) in [5, 5.41) is 16.1. The van der Waals surface area contributed by atoms with Gasteiger partial charge in [-0.2, -0.15) is 0 Å². The molecule has 0 aliphatic heterocycles. The number of hydrogen-bond acceptors (Lipinski definition) is 3. The Balaban J connectivity index is 1.83. The number of methoxy groups -OCH3 is 1. The molecule has 0 aromatic heterocycles. The first-order valence-corrected chi connectivity index (χ1v) is 7.99. The molecule has 22 heavy (non-hydrogen) atoms. The van der Waals surface area contributed by atoms with E-state index in [9.17, 15) is 9.90 Å². The SMILES string of the molecule is COc1ccc(C(O)C(C)NC(=O)NC2CCCCC2)cc1. The van der Waals surface area contributed by atoms with E-state index in [0.29, 0.717) is 0 Å². The standard InChI is InChI=1S/C17H26N2O3/c1-12(16(20)13-8-10-15(22-2)11-9-13)18-17(21)19-14-6-4-3-5-7-14/h8-12,14,16,20H,3-7H2,1-2H3,(H2,18,19,21). The first kappa shape index (κ1) is 16.6. The van der Waals surface area contributed by atoms with Crippen molar-refractivity contribution in [2.24, 2.45) is 0 Å². The molecule has 1 aromatic carbocycles. The number of amides is 2. The molecule has 2 atom stereocenters. The first-order valence-electron chi connectivity index (χ1n) is 7.99. The second kappa shape index (κ2) is 8.03. The molecule has 0 spiro atoms. The lowest BCUT2D eigenvalue weighted by molar-refractivity contribution is 0.136. The largest absolute Gasteiger partial charge is 0.497 e. The second-order valence-electron chi connectivity index (χ2n) is 5.96. The monoisotopic (exact) mass is 306 g/mol. The number of benzene rings is 1. The van der Waals surface area contributed by atoms with Crippen LogP contribution in [-0.4, -0.2) is 30.3 Å². The number of ether oxygens (including phenoxy) is 1. The summed E-state index contributed by atoms with van der Waals surface area (Å²) in [5.41, 5.74) is 0.756. The molecule has 2 rings (SSSR count). The van der Waals surface area contributed by atoms with Gasteiger partial charge in [-0.15, -0.1) is 0 Å². The van der Waals surface area contributed by atoms with Gasteiger partial charge in [0.2, 0.25) is 0 Å². The lowest BCUT2D eigenvalue weighted by Crippen LogP contribution is -2.47. The average molecular weight is 306 g/mol. The molecule has 0 heterocycles. The minimum Gasteiger partial charge on any atom is -0.497 e. The zero-order valence-electron chi connectivity index (χ0n) is 13.3. The van der Waals surface area contributed by atoms with Crippen LogP contribution in [0.25, 0.3) is 0 Å². The summed E-state index contributed by atoms with van der Waals surface area (Å²) in [7, 11) is 1.60. The molecule has 1 fully saturated rings. The predicted octanol–water partition coefficient (Wildman–Crippen LogP) is 2.75. The van der Waals surface area contributed by atoms with Crippen LogP contribution in [0.3, 0.4) is 0 Å². The highest BCUT2D eigenvalue weighted by Crippen LogP contribution is 2.20. The van der Waals surface area contributed by atoms with Gasteiger partial charge in [0.15, 0.2) is 0 Å². The maximum absolute atomic E-state index is 12.0.